The van der Waals surface area contributed by atoms with E-state index in [9.17, 15) is 0 Å². The molecule has 3 rings (SSSR count). The average Bonchev–Trinajstić information content (AvgIpc) is 2.76. The number of unbranched alkanes of at least 4 members (excludes halogenated alkanes) is 1. The van der Waals surface area contributed by atoms with Crippen LogP contribution in [0.25, 0.3) is 11.4 Å². The number of aromatic nitrogens is 2. The summed E-state index contributed by atoms with van der Waals surface area (Å²) in [7, 11) is 3.76. The van der Waals surface area contributed by atoms with Gasteiger partial charge in [0.15, 0.2) is 5.82 Å². The van der Waals surface area contributed by atoms with Crippen LogP contribution in [0.2, 0.25) is 0 Å². The van der Waals surface area contributed by atoms with Gasteiger partial charge in [-0.15, -0.1) is 0 Å². The molecule has 0 unspecified atom stereocenters. The van der Waals surface area contributed by atoms with E-state index in [1.807, 2.05) is 48.5 Å². The minimum Gasteiger partial charge on any atom is -0.497 e. The Bertz CT molecular complexity index is 866. The van der Waals surface area contributed by atoms with Crippen molar-refractivity contribution in [2.45, 2.75) is 26.3 Å². The van der Waals surface area contributed by atoms with E-state index in [-0.39, 0.29) is 0 Å². The zero-order valence-corrected chi connectivity index (χ0v) is 16.9. The SMILES string of the molecule is CCCCN(C)c1cc(NCc2ccc(OC)cc2)nc(-c2ccccc2)n1. The highest BCUT2D eigenvalue weighted by Crippen LogP contribution is 2.23. The molecule has 0 atom stereocenters. The maximum atomic E-state index is 5.22. The zero-order valence-electron chi connectivity index (χ0n) is 16.9. The van der Waals surface area contributed by atoms with Crippen molar-refractivity contribution in [3.8, 4) is 17.1 Å². The first kappa shape index (κ1) is 19.7. The molecule has 0 fully saturated rings. The number of ether oxygens (including phenoxy) is 1. The quantitative estimate of drug-likeness (QED) is 0.569. The average molecular weight is 377 g/mol. The predicted molar refractivity (Wildman–Crippen MR) is 116 cm³/mol. The first-order valence-corrected chi connectivity index (χ1v) is 9.72. The van der Waals surface area contributed by atoms with E-state index in [0.717, 1.165) is 48.2 Å². The first-order valence-electron chi connectivity index (χ1n) is 9.72. The first-order chi connectivity index (χ1) is 13.7. The van der Waals surface area contributed by atoms with Gasteiger partial charge >= 0.3 is 0 Å². The number of rotatable bonds is 9. The molecular weight excluding hydrogens is 348 g/mol. The topological polar surface area (TPSA) is 50.3 Å². The molecule has 0 aliphatic carbocycles. The van der Waals surface area contributed by atoms with Crippen molar-refractivity contribution in [2.75, 3.05) is 30.9 Å². The van der Waals surface area contributed by atoms with Crippen LogP contribution in [0.4, 0.5) is 11.6 Å². The van der Waals surface area contributed by atoms with Crippen LogP contribution in [-0.2, 0) is 6.54 Å². The molecule has 0 spiro atoms. The maximum absolute atomic E-state index is 5.22. The molecule has 5 heteroatoms. The smallest absolute Gasteiger partial charge is 0.163 e. The molecule has 1 N–H and O–H groups in total. The molecule has 0 saturated heterocycles. The van der Waals surface area contributed by atoms with E-state index in [1.165, 1.54) is 5.56 Å². The van der Waals surface area contributed by atoms with Crippen LogP contribution < -0.4 is 15.0 Å². The predicted octanol–water partition coefficient (Wildman–Crippen LogP) is 5.00. The van der Waals surface area contributed by atoms with Gasteiger partial charge in [-0.25, -0.2) is 9.97 Å². The van der Waals surface area contributed by atoms with E-state index >= 15 is 0 Å². The fraction of sp³-hybridized carbons (Fsp3) is 0.304. The van der Waals surface area contributed by atoms with Crippen LogP contribution in [0.3, 0.4) is 0 Å². The summed E-state index contributed by atoms with van der Waals surface area (Å²) in [6.07, 6.45) is 2.29. The van der Waals surface area contributed by atoms with Gasteiger partial charge in [0.2, 0.25) is 0 Å². The third-order valence-corrected chi connectivity index (χ3v) is 4.62. The Morgan fingerprint density at radius 2 is 1.75 bits per heavy atom. The van der Waals surface area contributed by atoms with Crippen molar-refractivity contribution < 1.29 is 4.74 Å². The summed E-state index contributed by atoms with van der Waals surface area (Å²) in [6, 6.07) is 20.2. The van der Waals surface area contributed by atoms with Crippen LogP contribution in [0, 0.1) is 0 Å². The summed E-state index contributed by atoms with van der Waals surface area (Å²) in [4.78, 5) is 11.7. The highest BCUT2D eigenvalue weighted by Gasteiger charge is 2.10. The lowest BCUT2D eigenvalue weighted by atomic mass is 10.2. The summed E-state index contributed by atoms with van der Waals surface area (Å²) in [5.41, 5.74) is 2.18. The molecule has 28 heavy (non-hydrogen) atoms. The number of anilines is 2. The van der Waals surface area contributed by atoms with Crippen molar-refractivity contribution in [3.05, 3.63) is 66.2 Å². The minimum absolute atomic E-state index is 0.688. The summed E-state index contributed by atoms with van der Waals surface area (Å²) < 4.78 is 5.22. The molecule has 1 aromatic heterocycles. The molecule has 0 radical (unpaired) electrons. The van der Waals surface area contributed by atoms with Crippen LogP contribution in [-0.4, -0.2) is 30.7 Å². The second kappa shape index (κ2) is 9.74. The molecule has 1 heterocycles. The number of methoxy groups -OCH3 is 1. The number of benzene rings is 2. The Labute approximate surface area is 167 Å². The number of nitrogens with zero attached hydrogens (tertiary/aromatic N) is 3. The van der Waals surface area contributed by atoms with Gasteiger partial charge < -0.3 is 15.0 Å². The highest BCUT2D eigenvalue weighted by molar-refractivity contribution is 5.61. The van der Waals surface area contributed by atoms with Crippen LogP contribution in [0.1, 0.15) is 25.3 Å². The second-order valence-electron chi connectivity index (χ2n) is 6.78. The lowest BCUT2D eigenvalue weighted by Gasteiger charge is -2.19. The van der Waals surface area contributed by atoms with E-state index in [4.69, 9.17) is 14.7 Å². The lowest BCUT2D eigenvalue weighted by Crippen LogP contribution is -2.20. The number of nitrogens with one attached hydrogen (secondary N) is 1. The third-order valence-electron chi connectivity index (χ3n) is 4.62. The largest absolute Gasteiger partial charge is 0.497 e. The molecule has 0 saturated carbocycles. The van der Waals surface area contributed by atoms with Gasteiger partial charge in [0.25, 0.3) is 0 Å². The number of hydrogen-bond donors (Lipinski definition) is 1. The lowest BCUT2D eigenvalue weighted by molar-refractivity contribution is 0.414. The maximum Gasteiger partial charge on any atom is 0.163 e. The molecule has 146 valence electrons. The highest BCUT2D eigenvalue weighted by atomic mass is 16.5. The molecule has 2 aromatic carbocycles. The van der Waals surface area contributed by atoms with Crippen LogP contribution in [0.5, 0.6) is 5.75 Å². The zero-order chi connectivity index (χ0) is 19.8. The van der Waals surface area contributed by atoms with Gasteiger partial charge in [0.05, 0.1) is 7.11 Å². The number of hydrogen-bond acceptors (Lipinski definition) is 5. The molecule has 0 amide bonds. The van der Waals surface area contributed by atoms with Gasteiger partial charge in [-0.1, -0.05) is 55.8 Å². The molecule has 0 aliphatic rings. The van der Waals surface area contributed by atoms with Crippen LogP contribution >= 0.6 is 0 Å². The normalized spacial score (nSPS) is 10.5. The van der Waals surface area contributed by atoms with E-state index < -0.39 is 0 Å². The molecule has 5 nitrogen and oxygen atoms in total. The summed E-state index contributed by atoms with van der Waals surface area (Å²) in [6.45, 7) is 3.86. The van der Waals surface area contributed by atoms with Crippen molar-refractivity contribution in [3.63, 3.8) is 0 Å². The molecule has 3 aromatic rings. The second-order valence-corrected chi connectivity index (χ2v) is 6.78. The Hall–Kier alpha value is -3.08. The van der Waals surface area contributed by atoms with Gasteiger partial charge in [-0.2, -0.15) is 0 Å². The standard InChI is InChI=1S/C23H28N4O/c1-4-5-15-27(2)22-16-21(24-17-18-11-13-20(28-3)14-12-18)25-23(26-22)19-9-7-6-8-10-19/h6-14,16H,4-5,15,17H2,1-3H3,(H,24,25,26). The van der Waals surface area contributed by atoms with E-state index in [1.54, 1.807) is 7.11 Å². The van der Waals surface area contributed by atoms with Crippen molar-refractivity contribution >= 4 is 11.6 Å². The Morgan fingerprint density at radius 3 is 2.43 bits per heavy atom. The summed E-state index contributed by atoms with van der Waals surface area (Å²) in [5.74, 6) is 3.35. The molecule has 0 aliphatic heterocycles. The third kappa shape index (κ3) is 5.22. The van der Waals surface area contributed by atoms with Gasteiger partial charge in [-0.05, 0) is 24.1 Å². The fourth-order valence-corrected chi connectivity index (χ4v) is 2.88. The van der Waals surface area contributed by atoms with Crippen LogP contribution in [0.15, 0.2) is 60.7 Å². The van der Waals surface area contributed by atoms with E-state index in [0.29, 0.717) is 6.54 Å². The molecule has 0 bridgehead atoms. The Kier molecular flexibility index (Phi) is 6.84. The summed E-state index contributed by atoms with van der Waals surface area (Å²) >= 11 is 0. The van der Waals surface area contributed by atoms with E-state index in [2.05, 4.69) is 36.3 Å². The Balaban J connectivity index is 1.83. The van der Waals surface area contributed by atoms with Gasteiger partial charge in [-0.3, -0.25) is 0 Å². The Morgan fingerprint density at radius 1 is 1.00 bits per heavy atom. The minimum atomic E-state index is 0.688. The monoisotopic (exact) mass is 376 g/mol. The van der Waals surface area contributed by atoms with Crippen molar-refractivity contribution in [2.24, 2.45) is 0 Å². The van der Waals surface area contributed by atoms with Gasteiger partial charge in [0, 0.05) is 31.8 Å². The molecular formula is C23H28N4O. The fourth-order valence-electron chi connectivity index (χ4n) is 2.88. The van der Waals surface area contributed by atoms with Crippen molar-refractivity contribution in [1.29, 1.82) is 0 Å². The van der Waals surface area contributed by atoms with Crippen molar-refractivity contribution in [1.82, 2.24) is 9.97 Å². The van der Waals surface area contributed by atoms with Gasteiger partial charge in [0.1, 0.15) is 17.4 Å². The summed E-state index contributed by atoms with van der Waals surface area (Å²) in [5, 5.41) is 3.44.